The SMILES string of the molecule is CC[P+](C)(C)CCOCCOC.COCCOCCC(=O)[O-]. The van der Waals surface area contributed by atoms with Crippen molar-refractivity contribution in [2.45, 2.75) is 13.3 Å². The van der Waals surface area contributed by atoms with E-state index in [-0.39, 0.29) is 13.0 Å². The number of hydrogen-bond donors (Lipinski definition) is 0. The van der Waals surface area contributed by atoms with Crippen molar-refractivity contribution >= 4 is 13.2 Å². The molecule has 0 unspecified atom stereocenters. The summed E-state index contributed by atoms with van der Waals surface area (Å²) in [6.07, 6.45) is 2.51. The van der Waals surface area contributed by atoms with E-state index in [1.165, 1.54) is 12.3 Å². The number of rotatable bonds is 13. The molecule has 0 bridgehead atoms. The first-order valence-electron chi connectivity index (χ1n) is 7.54. The van der Waals surface area contributed by atoms with Crippen LogP contribution in [0.2, 0.25) is 0 Å². The third-order valence-corrected chi connectivity index (χ3v) is 6.12. The number of ether oxygens (including phenoxy) is 4. The summed E-state index contributed by atoms with van der Waals surface area (Å²) in [6.45, 7) is 10.5. The molecule has 0 aliphatic heterocycles. The van der Waals surface area contributed by atoms with E-state index in [0.29, 0.717) is 19.8 Å². The molecule has 0 heterocycles. The molecule has 22 heavy (non-hydrogen) atoms. The number of carboxylic acid groups (broad SMARTS) is 1. The maximum absolute atomic E-state index is 9.81. The molecule has 0 aliphatic rings. The highest BCUT2D eigenvalue weighted by atomic mass is 31.2. The van der Waals surface area contributed by atoms with Gasteiger partial charge in [0.05, 0.1) is 52.0 Å². The molecule has 0 aromatic carbocycles. The predicted octanol–water partition coefficient (Wildman–Crippen LogP) is 0.736. The van der Waals surface area contributed by atoms with Crippen LogP contribution in [0.5, 0.6) is 0 Å². The second-order valence-corrected chi connectivity index (χ2v) is 10.3. The molecule has 0 fully saturated rings. The van der Waals surface area contributed by atoms with Gasteiger partial charge in [-0.3, -0.25) is 0 Å². The van der Waals surface area contributed by atoms with Crippen LogP contribution in [0.25, 0.3) is 0 Å². The molecule has 0 spiro atoms. The quantitative estimate of drug-likeness (QED) is 0.363. The normalized spacial score (nSPS) is 11.0. The Hall–Kier alpha value is -0.260. The number of methoxy groups -OCH3 is 2. The molecule has 0 radical (unpaired) electrons. The van der Waals surface area contributed by atoms with Crippen molar-refractivity contribution in [1.82, 2.24) is 0 Å². The molecule has 0 amide bonds. The average Bonchev–Trinajstić information content (AvgIpc) is 2.47. The highest BCUT2D eigenvalue weighted by Crippen LogP contribution is 2.49. The zero-order chi connectivity index (χ0) is 17.3. The number of aliphatic carboxylic acids is 1. The maximum Gasteiger partial charge on any atom is 0.0822 e. The van der Waals surface area contributed by atoms with Crippen LogP contribution in [0.4, 0.5) is 0 Å². The van der Waals surface area contributed by atoms with Gasteiger partial charge in [0.15, 0.2) is 0 Å². The summed E-state index contributed by atoms with van der Waals surface area (Å²) < 4.78 is 19.8. The third-order valence-electron chi connectivity index (χ3n) is 3.01. The van der Waals surface area contributed by atoms with Crippen LogP contribution >= 0.6 is 7.26 Å². The van der Waals surface area contributed by atoms with Crippen LogP contribution in [0, 0.1) is 0 Å². The van der Waals surface area contributed by atoms with Crippen LogP contribution < -0.4 is 5.11 Å². The van der Waals surface area contributed by atoms with Crippen LogP contribution in [0.1, 0.15) is 13.3 Å². The van der Waals surface area contributed by atoms with E-state index in [4.69, 9.17) is 14.2 Å². The molecule has 0 aromatic rings. The minimum absolute atomic E-state index is 0.0519. The summed E-state index contributed by atoms with van der Waals surface area (Å²) in [6, 6.07) is 0. The zero-order valence-electron chi connectivity index (χ0n) is 14.8. The van der Waals surface area contributed by atoms with Gasteiger partial charge in [0.25, 0.3) is 0 Å². The Balaban J connectivity index is 0. The van der Waals surface area contributed by atoms with Gasteiger partial charge in [-0.25, -0.2) is 0 Å². The van der Waals surface area contributed by atoms with Gasteiger partial charge in [0, 0.05) is 47.2 Å². The molecule has 6 nitrogen and oxygen atoms in total. The van der Waals surface area contributed by atoms with Crippen LogP contribution in [0.15, 0.2) is 0 Å². The highest BCUT2D eigenvalue weighted by Gasteiger charge is 2.20. The molecular weight excluding hydrogens is 307 g/mol. The van der Waals surface area contributed by atoms with Crippen molar-refractivity contribution in [1.29, 1.82) is 0 Å². The predicted molar refractivity (Wildman–Crippen MR) is 89.2 cm³/mol. The van der Waals surface area contributed by atoms with Crippen molar-refractivity contribution in [2.24, 2.45) is 0 Å². The van der Waals surface area contributed by atoms with E-state index in [0.717, 1.165) is 13.2 Å². The zero-order valence-corrected chi connectivity index (χ0v) is 15.7. The molecule has 0 aromatic heterocycles. The number of carbonyl (C=O) groups excluding carboxylic acids is 1. The Morgan fingerprint density at radius 2 is 1.41 bits per heavy atom. The second kappa shape index (κ2) is 17.1. The van der Waals surface area contributed by atoms with Gasteiger partial charge in [-0.05, 0) is 6.92 Å². The summed E-state index contributed by atoms with van der Waals surface area (Å²) in [5, 5.41) is 9.81. The fourth-order valence-corrected chi connectivity index (χ4v) is 2.05. The highest BCUT2D eigenvalue weighted by molar-refractivity contribution is 7.74. The molecule has 134 valence electrons. The van der Waals surface area contributed by atoms with Crippen molar-refractivity contribution in [3.8, 4) is 0 Å². The van der Waals surface area contributed by atoms with Gasteiger partial charge in [-0.1, -0.05) is 0 Å². The topological polar surface area (TPSA) is 77.0 Å². The lowest BCUT2D eigenvalue weighted by Crippen LogP contribution is -2.23. The summed E-state index contributed by atoms with van der Waals surface area (Å²) >= 11 is 0. The van der Waals surface area contributed by atoms with Crippen LogP contribution in [-0.2, 0) is 23.7 Å². The lowest BCUT2D eigenvalue weighted by molar-refractivity contribution is -0.306. The first kappa shape index (κ1) is 24.0. The standard InChI is InChI=1S/C9H22O2P.C6H12O4/c1-5-12(3,4)9-8-11-7-6-10-2;1-9-4-5-10-3-2-6(7)8/h5-9H2,1-4H3;2-5H2,1H3,(H,7,8)/q+1;/p-1. The summed E-state index contributed by atoms with van der Waals surface area (Å²) in [4.78, 5) is 9.81. The van der Waals surface area contributed by atoms with E-state index in [1.54, 1.807) is 14.2 Å². The van der Waals surface area contributed by atoms with Gasteiger partial charge in [0.1, 0.15) is 0 Å². The Morgan fingerprint density at radius 3 is 1.82 bits per heavy atom. The molecule has 0 rings (SSSR count). The molecule has 0 saturated heterocycles. The van der Waals surface area contributed by atoms with Crippen molar-refractivity contribution in [3.05, 3.63) is 0 Å². The minimum atomic E-state index is -1.09. The molecule has 7 heteroatoms. The summed E-state index contributed by atoms with van der Waals surface area (Å²) in [5.41, 5.74) is 0. The smallest absolute Gasteiger partial charge is 0.0822 e. The first-order valence-corrected chi connectivity index (χ1v) is 10.6. The van der Waals surface area contributed by atoms with E-state index < -0.39 is 13.2 Å². The Morgan fingerprint density at radius 1 is 0.909 bits per heavy atom. The molecular formula is C15H33O6P. The van der Waals surface area contributed by atoms with Crippen molar-refractivity contribution in [3.63, 3.8) is 0 Å². The molecule has 0 saturated carbocycles. The summed E-state index contributed by atoms with van der Waals surface area (Å²) in [5.74, 6) is -1.09. The Labute approximate surface area is 135 Å². The molecule has 0 N–H and O–H groups in total. The summed E-state index contributed by atoms with van der Waals surface area (Å²) in [7, 11) is 2.62. The maximum atomic E-state index is 9.81. The van der Waals surface area contributed by atoms with Crippen LogP contribution in [0.3, 0.4) is 0 Å². The Kier molecular flexibility index (Phi) is 18.7. The molecule has 0 aliphatic carbocycles. The fourth-order valence-electron chi connectivity index (χ4n) is 1.11. The second-order valence-electron chi connectivity index (χ2n) is 5.31. The van der Waals surface area contributed by atoms with Gasteiger partial charge in [0.2, 0.25) is 0 Å². The minimum Gasteiger partial charge on any atom is -0.550 e. The number of carbonyl (C=O) groups is 1. The van der Waals surface area contributed by atoms with E-state index in [2.05, 4.69) is 25.0 Å². The van der Waals surface area contributed by atoms with Gasteiger partial charge in [-0.2, -0.15) is 0 Å². The molecule has 0 atom stereocenters. The first-order chi connectivity index (χ1) is 10.4. The lowest BCUT2D eigenvalue weighted by Gasteiger charge is -2.15. The van der Waals surface area contributed by atoms with Gasteiger partial charge < -0.3 is 28.8 Å². The fraction of sp³-hybridized carbons (Fsp3) is 0.933. The van der Waals surface area contributed by atoms with Gasteiger partial charge in [-0.15, -0.1) is 0 Å². The average molecular weight is 340 g/mol. The van der Waals surface area contributed by atoms with Crippen molar-refractivity contribution in [2.75, 3.05) is 79.5 Å². The number of hydrogen-bond acceptors (Lipinski definition) is 6. The van der Waals surface area contributed by atoms with Crippen molar-refractivity contribution < 1.29 is 28.8 Å². The Bertz CT molecular complexity index is 248. The van der Waals surface area contributed by atoms with Gasteiger partial charge >= 0.3 is 0 Å². The van der Waals surface area contributed by atoms with E-state index >= 15 is 0 Å². The monoisotopic (exact) mass is 340 g/mol. The number of carboxylic acids is 1. The largest absolute Gasteiger partial charge is 0.550 e. The third kappa shape index (κ3) is 22.0. The van der Waals surface area contributed by atoms with Crippen LogP contribution in [-0.4, -0.2) is 85.5 Å². The lowest BCUT2D eigenvalue weighted by atomic mass is 10.5. The van der Waals surface area contributed by atoms with E-state index in [9.17, 15) is 9.90 Å². The van der Waals surface area contributed by atoms with E-state index in [1.807, 2.05) is 0 Å².